The largest absolute Gasteiger partial charge is 0.316 e. The molecular formula is C15H12ClNO2S. The van der Waals surface area contributed by atoms with E-state index >= 15 is 0 Å². The van der Waals surface area contributed by atoms with Crippen LogP contribution in [-0.4, -0.2) is 19.1 Å². The SMILES string of the molecule is CS(=O)(=O)c1ccc(-c2cc(Cl)cc3cccn23)cc1. The molecule has 0 unspecified atom stereocenters. The molecule has 3 aromatic rings. The fraction of sp³-hybridized carbons (Fsp3) is 0.0667. The lowest BCUT2D eigenvalue weighted by Gasteiger charge is -2.08. The van der Waals surface area contributed by atoms with E-state index in [1.54, 1.807) is 24.3 Å². The van der Waals surface area contributed by atoms with E-state index in [4.69, 9.17) is 11.6 Å². The Hall–Kier alpha value is -1.78. The highest BCUT2D eigenvalue weighted by Gasteiger charge is 2.09. The maximum Gasteiger partial charge on any atom is 0.175 e. The van der Waals surface area contributed by atoms with E-state index in [2.05, 4.69) is 0 Å². The summed E-state index contributed by atoms with van der Waals surface area (Å²) >= 11 is 6.13. The van der Waals surface area contributed by atoms with Crippen LogP contribution in [0.5, 0.6) is 0 Å². The van der Waals surface area contributed by atoms with Gasteiger partial charge in [-0.05, 0) is 42.0 Å². The molecular weight excluding hydrogens is 294 g/mol. The Morgan fingerprint density at radius 1 is 1.05 bits per heavy atom. The maximum absolute atomic E-state index is 11.5. The molecule has 0 saturated carbocycles. The van der Waals surface area contributed by atoms with Crippen LogP contribution in [0, 0.1) is 0 Å². The first-order chi connectivity index (χ1) is 9.45. The summed E-state index contributed by atoms with van der Waals surface area (Å²) in [6, 6.07) is 14.5. The third kappa shape index (κ3) is 2.32. The highest BCUT2D eigenvalue weighted by Crippen LogP contribution is 2.26. The van der Waals surface area contributed by atoms with Crippen LogP contribution in [0.4, 0.5) is 0 Å². The molecule has 0 atom stereocenters. The maximum atomic E-state index is 11.5. The lowest BCUT2D eigenvalue weighted by atomic mass is 10.1. The predicted molar refractivity (Wildman–Crippen MR) is 81.0 cm³/mol. The summed E-state index contributed by atoms with van der Waals surface area (Å²) in [5.41, 5.74) is 2.85. The van der Waals surface area contributed by atoms with Gasteiger partial charge in [0.25, 0.3) is 0 Å². The van der Waals surface area contributed by atoms with Gasteiger partial charge in [0.15, 0.2) is 9.84 Å². The zero-order valence-electron chi connectivity index (χ0n) is 10.7. The molecule has 20 heavy (non-hydrogen) atoms. The molecule has 0 amide bonds. The van der Waals surface area contributed by atoms with E-state index in [-0.39, 0.29) is 0 Å². The molecule has 0 aliphatic carbocycles. The van der Waals surface area contributed by atoms with Crippen LogP contribution >= 0.6 is 11.6 Å². The molecule has 0 fully saturated rings. The molecule has 2 aromatic heterocycles. The number of pyridine rings is 1. The van der Waals surface area contributed by atoms with Gasteiger partial charge in [0.1, 0.15) is 0 Å². The number of hydrogen-bond donors (Lipinski definition) is 0. The molecule has 1 aromatic carbocycles. The van der Waals surface area contributed by atoms with Crippen molar-refractivity contribution in [3.8, 4) is 11.3 Å². The normalized spacial score (nSPS) is 11.9. The van der Waals surface area contributed by atoms with Gasteiger partial charge in [-0.25, -0.2) is 8.42 Å². The van der Waals surface area contributed by atoms with Gasteiger partial charge in [0.2, 0.25) is 0 Å². The third-order valence-corrected chi connectivity index (χ3v) is 4.53. The molecule has 0 aliphatic heterocycles. The lowest BCUT2D eigenvalue weighted by molar-refractivity contribution is 0.602. The van der Waals surface area contributed by atoms with E-state index in [0.29, 0.717) is 9.92 Å². The highest BCUT2D eigenvalue weighted by atomic mass is 35.5. The van der Waals surface area contributed by atoms with Crippen LogP contribution in [0.25, 0.3) is 16.8 Å². The summed E-state index contributed by atoms with van der Waals surface area (Å²) in [6.45, 7) is 0. The first-order valence-electron chi connectivity index (χ1n) is 6.02. The van der Waals surface area contributed by atoms with Gasteiger partial charge in [0.05, 0.1) is 10.6 Å². The Labute approximate surface area is 122 Å². The Balaban J connectivity index is 2.18. The molecule has 0 saturated heterocycles. The fourth-order valence-electron chi connectivity index (χ4n) is 2.21. The van der Waals surface area contributed by atoms with Gasteiger partial charge in [-0.2, -0.15) is 0 Å². The number of sulfone groups is 1. The molecule has 5 heteroatoms. The average molecular weight is 306 g/mol. The first-order valence-corrected chi connectivity index (χ1v) is 8.29. The molecule has 2 heterocycles. The summed E-state index contributed by atoms with van der Waals surface area (Å²) in [4.78, 5) is 0.312. The monoisotopic (exact) mass is 305 g/mol. The van der Waals surface area contributed by atoms with Crippen molar-refractivity contribution in [1.82, 2.24) is 4.40 Å². The minimum atomic E-state index is -3.17. The zero-order valence-corrected chi connectivity index (χ0v) is 12.3. The lowest BCUT2D eigenvalue weighted by Crippen LogP contribution is -1.97. The quantitative estimate of drug-likeness (QED) is 0.724. The zero-order chi connectivity index (χ0) is 14.3. The number of fused-ring (bicyclic) bond motifs is 1. The molecule has 0 aliphatic rings. The smallest absolute Gasteiger partial charge is 0.175 e. The third-order valence-electron chi connectivity index (χ3n) is 3.18. The molecule has 0 spiro atoms. The summed E-state index contributed by atoms with van der Waals surface area (Å²) in [5.74, 6) is 0. The van der Waals surface area contributed by atoms with Crippen molar-refractivity contribution >= 4 is 27.0 Å². The van der Waals surface area contributed by atoms with Crippen molar-refractivity contribution in [3.05, 3.63) is 59.8 Å². The number of halogens is 1. The van der Waals surface area contributed by atoms with Crippen molar-refractivity contribution in [2.45, 2.75) is 4.90 Å². The molecule has 3 rings (SSSR count). The summed E-state index contributed by atoms with van der Waals surface area (Å²) < 4.78 is 25.0. The second-order valence-electron chi connectivity index (χ2n) is 4.66. The minimum absolute atomic E-state index is 0.312. The Morgan fingerprint density at radius 3 is 2.40 bits per heavy atom. The minimum Gasteiger partial charge on any atom is -0.316 e. The summed E-state index contributed by atoms with van der Waals surface area (Å²) in [6.07, 6.45) is 3.15. The van der Waals surface area contributed by atoms with Crippen LogP contribution in [0.15, 0.2) is 59.6 Å². The molecule has 0 N–H and O–H groups in total. The van der Waals surface area contributed by atoms with E-state index < -0.39 is 9.84 Å². The highest BCUT2D eigenvalue weighted by molar-refractivity contribution is 7.90. The van der Waals surface area contributed by atoms with E-state index in [1.165, 1.54) is 6.26 Å². The van der Waals surface area contributed by atoms with Gasteiger partial charge in [-0.1, -0.05) is 23.7 Å². The van der Waals surface area contributed by atoms with Crippen LogP contribution in [0.3, 0.4) is 0 Å². The van der Waals surface area contributed by atoms with Crippen molar-refractivity contribution in [1.29, 1.82) is 0 Å². The number of aromatic nitrogens is 1. The molecule has 102 valence electrons. The standard InChI is InChI=1S/C15H12ClNO2S/c1-20(18,19)14-6-4-11(5-7-14)15-10-12(16)9-13-3-2-8-17(13)15/h2-10H,1H3. The molecule has 3 nitrogen and oxygen atoms in total. The van der Waals surface area contributed by atoms with E-state index in [0.717, 1.165) is 16.8 Å². The van der Waals surface area contributed by atoms with E-state index in [9.17, 15) is 8.42 Å². The van der Waals surface area contributed by atoms with Crippen LogP contribution < -0.4 is 0 Å². The number of benzene rings is 1. The Bertz CT molecular complexity index is 880. The van der Waals surface area contributed by atoms with Gasteiger partial charge in [0, 0.05) is 23.0 Å². The van der Waals surface area contributed by atoms with Crippen molar-refractivity contribution in [2.24, 2.45) is 0 Å². The van der Waals surface area contributed by atoms with Crippen LogP contribution in [0.1, 0.15) is 0 Å². The predicted octanol–water partition coefficient (Wildman–Crippen LogP) is 3.66. The van der Waals surface area contributed by atoms with Crippen molar-refractivity contribution in [3.63, 3.8) is 0 Å². The van der Waals surface area contributed by atoms with Gasteiger partial charge < -0.3 is 4.40 Å². The van der Waals surface area contributed by atoms with Crippen LogP contribution in [0.2, 0.25) is 5.02 Å². The fourth-order valence-corrected chi connectivity index (χ4v) is 3.06. The van der Waals surface area contributed by atoms with Crippen molar-refractivity contribution < 1.29 is 8.42 Å². The topological polar surface area (TPSA) is 38.5 Å². The molecule has 0 radical (unpaired) electrons. The molecule has 0 bridgehead atoms. The Kier molecular flexibility index (Phi) is 3.07. The van der Waals surface area contributed by atoms with Crippen molar-refractivity contribution in [2.75, 3.05) is 6.26 Å². The van der Waals surface area contributed by atoms with Gasteiger partial charge >= 0.3 is 0 Å². The first kappa shape index (κ1) is 13.2. The number of nitrogens with zero attached hydrogens (tertiary/aromatic N) is 1. The summed E-state index contributed by atoms with van der Waals surface area (Å²) in [5, 5.41) is 0.651. The van der Waals surface area contributed by atoms with E-state index in [1.807, 2.05) is 34.9 Å². The second kappa shape index (κ2) is 4.65. The second-order valence-corrected chi connectivity index (χ2v) is 7.11. The summed E-state index contributed by atoms with van der Waals surface area (Å²) in [7, 11) is -3.17. The van der Waals surface area contributed by atoms with Gasteiger partial charge in [-0.15, -0.1) is 0 Å². The Morgan fingerprint density at radius 2 is 1.75 bits per heavy atom. The van der Waals surface area contributed by atoms with Crippen LogP contribution in [-0.2, 0) is 9.84 Å². The number of hydrogen-bond acceptors (Lipinski definition) is 2. The number of rotatable bonds is 2. The van der Waals surface area contributed by atoms with Gasteiger partial charge in [-0.3, -0.25) is 0 Å². The average Bonchev–Trinajstić information content (AvgIpc) is 2.85.